The van der Waals surface area contributed by atoms with E-state index in [1.165, 1.54) is 11.1 Å². The van der Waals surface area contributed by atoms with Crippen molar-refractivity contribution in [3.05, 3.63) is 34.9 Å². The Hall–Kier alpha value is -0.860. The van der Waals surface area contributed by atoms with Gasteiger partial charge in [0.25, 0.3) is 0 Å². The molecule has 2 heteroatoms. The zero-order valence-electron chi connectivity index (χ0n) is 11.5. The molecule has 0 aliphatic heterocycles. The van der Waals surface area contributed by atoms with E-state index in [4.69, 9.17) is 0 Å². The van der Waals surface area contributed by atoms with Crippen molar-refractivity contribution in [2.45, 2.75) is 40.2 Å². The average molecular weight is 235 g/mol. The van der Waals surface area contributed by atoms with Gasteiger partial charge in [-0.25, -0.2) is 0 Å². The van der Waals surface area contributed by atoms with Crippen molar-refractivity contribution < 1.29 is 5.11 Å². The molecule has 0 saturated heterocycles. The third-order valence-electron chi connectivity index (χ3n) is 3.02. The molecule has 0 amide bonds. The summed E-state index contributed by atoms with van der Waals surface area (Å²) in [5.74, 6) is 0.709. The fourth-order valence-electron chi connectivity index (χ4n) is 1.94. The van der Waals surface area contributed by atoms with Crippen molar-refractivity contribution in [3.8, 4) is 0 Å². The maximum absolute atomic E-state index is 10.1. The van der Waals surface area contributed by atoms with Crippen molar-refractivity contribution in [2.75, 3.05) is 13.1 Å². The molecule has 2 N–H and O–H groups in total. The molecule has 0 bridgehead atoms. The van der Waals surface area contributed by atoms with Gasteiger partial charge in [-0.1, -0.05) is 37.6 Å². The number of rotatable bonds is 6. The molecule has 1 unspecified atom stereocenters. The summed E-state index contributed by atoms with van der Waals surface area (Å²) >= 11 is 0. The molecule has 0 aliphatic carbocycles. The number of hydrogen-bond acceptors (Lipinski definition) is 2. The lowest BCUT2D eigenvalue weighted by atomic mass is 10.0. The first kappa shape index (κ1) is 14.2. The van der Waals surface area contributed by atoms with Gasteiger partial charge in [0, 0.05) is 6.54 Å². The Kier molecular flexibility index (Phi) is 5.66. The maximum Gasteiger partial charge on any atom is 0.0916 e. The summed E-state index contributed by atoms with van der Waals surface area (Å²) in [6.45, 7) is 10.2. The van der Waals surface area contributed by atoms with E-state index in [1.807, 2.05) is 6.07 Å². The first-order valence-corrected chi connectivity index (χ1v) is 6.46. The summed E-state index contributed by atoms with van der Waals surface area (Å²) in [6, 6.07) is 6.20. The van der Waals surface area contributed by atoms with E-state index in [0.29, 0.717) is 12.5 Å². The van der Waals surface area contributed by atoms with E-state index in [0.717, 1.165) is 18.5 Å². The van der Waals surface area contributed by atoms with Crippen LogP contribution in [0.4, 0.5) is 0 Å². The molecule has 0 fully saturated rings. The van der Waals surface area contributed by atoms with Crippen LogP contribution in [-0.4, -0.2) is 18.2 Å². The Morgan fingerprint density at radius 3 is 2.53 bits per heavy atom. The Bertz CT molecular complexity index is 347. The topological polar surface area (TPSA) is 32.3 Å². The van der Waals surface area contributed by atoms with Crippen molar-refractivity contribution in [1.82, 2.24) is 5.32 Å². The molecule has 96 valence electrons. The second-order valence-electron chi connectivity index (χ2n) is 5.26. The fourth-order valence-corrected chi connectivity index (χ4v) is 1.94. The molecule has 0 aromatic heterocycles. The van der Waals surface area contributed by atoms with Crippen LogP contribution in [-0.2, 0) is 0 Å². The Balaban J connectivity index is 2.44. The molecule has 1 rings (SSSR count). The van der Waals surface area contributed by atoms with Crippen LogP contribution in [0, 0.1) is 19.8 Å². The van der Waals surface area contributed by atoms with E-state index in [-0.39, 0.29) is 0 Å². The second-order valence-corrected chi connectivity index (χ2v) is 5.26. The molecule has 2 nitrogen and oxygen atoms in total. The number of aliphatic hydroxyl groups excluding tert-OH is 1. The van der Waals surface area contributed by atoms with E-state index in [9.17, 15) is 5.11 Å². The van der Waals surface area contributed by atoms with Gasteiger partial charge in [0.05, 0.1) is 6.10 Å². The standard InChI is InChI=1S/C15H25NO/c1-11(2)7-8-16-10-15(17)14-6-5-12(3)9-13(14)4/h5-6,9,11,15-17H,7-8,10H2,1-4H3. The van der Waals surface area contributed by atoms with E-state index < -0.39 is 6.10 Å². The number of aryl methyl sites for hydroxylation is 2. The van der Waals surface area contributed by atoms with Gasteiger partial charge in [-0.15, -0.1) is 0 Å². The summed E-state index contributed by atoms with van der Waals surface area (Å²) in [6.07, 6.45) is 0.752. The quantitative estimate of drug-likeness (QED) is 0.743. The van der Waals surface area contributed by atoms with Crippen LogP contribution < -0.4 is 5.32 Å². The minimum Gasteiger partial charge on any atom is -0.387 e. The van der Waals surface area contributed by atoms with Crippen LogP contribution in [0.2, 0.25) is 0 Å². The lowest BCUT2D eigenvalue weighted by Gasteiger charge is -2.15. The van der Waals surface area contributed by atoms with Crippen molar-refractivity contribution >= 4 is 0 Å². The lowest BCUT2D eigenvalue weighted by Crippen LogP contribution is -2.23. The zero-order valence-corrected chi connectivity index (χ0v) is 11.5. The van der Waals surface area contributed by atoms with Gasteiger partial charge in [0.1, 0.15) is 0 Å². The highest BCUT2D eigenvalue weighted by Gasteiger charge is 2.09. The number of hydrogen-bond donors (Lipinski definition) is 2. The van der Waals surface area contributed by atoms with Gasteiger partial charge in [-0.2, -0.15) is 0 Å². The number of aliphatic hydroxyl groups is 1. The minimum atomic E-state index is -0.400. The van der Waals surface area contributed by atoms with Crippen LogP contribution in [0.1, 0.15) is 43.1 Å². The van der Waals surface area contributed by atoms with Crippen LogP contribution >= 0.6 is 0 Å². The molecule has 1 atom stereocenters. The normalized spacial score (nSPS) is 13.1. The summed E-state index contributed by atoms with van der Waals surface area (Å²) < 4.78 is 0. The highest BCUT2D eigenvalue weighted by molar-refractivity contribution is 5.32. The van der Waals surface area contributed by atoms with Gasteiger partial charge >= 0.3 is 0 Å². The highest BCUT2D eigenvalue weighted by Crippen LogP contribution is 2.18. The molecule has 0 spiro atoms. The molecule has 1 aromatic carbocycles. The molecule has 0 radical (unpaired) electrons. The third-order valence-corrected chi connectivity index (χ3v) is 3.02. The Labute approximate surface area is 105 Å². The van der Waals surface area contributed by atoms with Gasteiger partial charge in [-0.05, 0) is 43.9 Å². The predicted molar refractivity (Wildman–Crippen MR) is 73.2 cm³/mol. The molecule has 0 saturated carbocycles. The Morgan fingerprint density at radius 1 is 1.24 bits per heavy atom. The summed E-state index contributed by atoms with van der Waals surface area (Å²) in [7, 11) is 0. The van der Waals surface area contributed by atoms with Gasteiger partial charge in [-0.3, -0.25) is 0 Å². The highest BCUT2D eigenvalue weighted by atomic mass is 16.3. The van der Waals surface area contributed by atoms with Crippen LogP contribution in [0.3, 0.4) is 0 Å². The Morgan fingerprint density at radius 2 is 1.94 bits per heavy atom. The second kappa shape index (κ2) is 6.77. The molecule has 17 heavy (non-hydrogen) atoms. The molecular formula is C15H25NO. The monoisotopic (exact) mass is 235 g/mol. The van der Waals surface area contributed by atoms with Crippen LogP contribution in [0.5, 0.6) is 0 Å². The third kappa shape index (κ3) is 4.88. The molecule has 0 heterocycles. The summed E-state index contributed by atoms with van der Waals surface area (Å²) in [5, 5.41) is 13.4. The van der Waals surface area contributed by atoms with Crippen LogP contribution in [0.15, 0.2) is 18.2 Å². The van der Waals surface area contributed by atoms with Crippen molar-refractivity contribution in [3.63, 3.8) is 0 Å². The van der Waals surface area contributed by atoms with Gasteiger partial charge in [0.15, 0.2) is 0 Å². The van der Waals surface area contributed by atoms with E-state index in [2.05, 4.69) is 45.1 Å². The van der Waals surface area contributed by atoms with Gasteiger partial charge < -0.3 is 10.4 Å². The lowest BCUT2D eigenvalue weighted by molar-refractivity contribution is 0.173. The largest absolute Gasteiger partial charge is 0.387 e. The van der Waals surface area contributed by atoms with E-state index in [1.54, 1.807) is 0 Å². The van der Waals surface area contributed by atoms with Crippen molar-refractivity contribution in [1.29, 1.82) is 0 Å². The molecular weight excluding hydrogens is 210 g/mol. The predicted octanol–water partition coefficient (Wildman–Crippen LogP) is 2.97. The average Bonchev–Trinajstić information content (AvgIpc) is 2.23. The minimum absolute atomic E-state index is 0.400. The fraction of sp³-hybridized carbons (Fsp3) is 0.600. The summed E-state index contributed by atoms with van der Waals surface area (Å²) in [4.78, 5) is 0. The summed E-state index contributed by atoms with van der Waals surface area (Å²) in [5.41, 5.74) is 3.45. The molecule has 1 aromatic rings. The number of nitrogens with one attached hydrogen (secondary N) is 1. The first-order chi connectivity index (χ1) is 8.00. The maximum atomic E-state index is 10.1. The van der Waals surface area contributed by atoms with Crippen LogP contribution in [0.25, 0.3) is 0 Å². The number of benzene rings is 1. The van der Waals surface area contributed by atoms with Gasteiger partial charge in [0.2, 0.25) is 0 Å². The SMILES string of the molecule is Cc1ccc(C(O)CNCCC(C)C)c(C)c1. The van der Waals surface area contributed by atoms with Crippen molar-refractivity contribution in [2.24, 2.45) is 5.92 Å². The zero-order chi connectivity index (χ0) is 12.8. The molecule has 0 aliphatic rings. The smallest absolute Gasteiger partial charge is 0.0916 e. The first-order valence-electron chi connectivity index (χ1n) is 6.46. The van der Waals surface area contributed by atoms with E-state index >= 15 is 0 Å².